The standard InChI is InChI=1S/C37H58N2.C3H6N4.C2H6/c1-10-12-29-13-11-14-33(25-29)35-28(6)39(37(38-35)23-19-31(20-24-37)27(4)5)34(21-22-36(7,8)9)32-17-15-30(16-18-32)26(2)3;1-2-3-4-6-7-5-3;1-2/h15-18,27,29,31,33-34H,2,6,10-14,19-25H2,1,3-5,7-9H3;2H2,1H3,(H,4,5,6,7);1-2H3. The molecule has 2 aliphatic carbocycles. The van der Waals surface area contributed by atoms with Crippen LogP contribution in [0.25, 0.3) is 5.57 Å². The molecule has 1 N–H and O–H groups in total. The number of aromatic amines is 1. The van der Waals surface area contributed by atoms with Crippen molar-refractivity contribution >= 4 is 11.3 Å². The number of allylic oxidation sites excluding steroid dienone is 2. The molecule has 1 aliphatic heterocycles. The second-order valence-corrected chi connectivity index (χ2v) is 16.1. The minimum atomic E-state index is -0.120. The maximum Gasteiger partial charge on any atom is 0.174 e. The number of benzene rings is 1. The topological polar surface area (TPSA) is 70.1 Å². The molecule has 48 heavy (non-hydrogen) atoms. The molecule has 268 valence electrons. The monoisotopic (exact) mass is 659 g/mol. The molecular weight excluding hydrogens is 589 g/mol. The summed E-state index contributed by atoms with van der Waals surface area (Å²) in [5.74, 6) is 3.78. The van der Waals surface area contributed by atoms with E-state index in [1.807, 2.05) is 20.8 Å². The molecule has 5 rings (SSSR count). The molecule has 1 spiro atoms. The highest BCUT2D eigenvalue weighted by molar-refractivity contribution is 6.03. The van der Waals surface area contributed by atoms with Crippen LogP contribution in [0.1, 0.15) is 169 Å². The van der Waals surface area contributed by atoms with Gasteiger partial charge in [0.05, 0.1) is 17.5 Å². The number of aromatic nitrogens is 4. The Bertz CT molecular complexity index is 1270. The van der Waals surface area contributed by atoms with Crippen LogP contribution in [-0.2, 0) is 6.42 Å². The number of aryl methyl sites for hydroxylation is 1. The molecule has 0 amide bonds. The maximum atomic E-state index is 5.82. The summed E-state index contributed by atoms with van der Waals surface area (Å²) in [5.41, 5.74) is 6.58. The second kappa shape index (κ2) is 18.3. The van der Waals surface area contributed by atoms with Gasteiger partial charge in [0, 0.05) is 12.3 Å². The van der Waals surface area contributed by atoms with Gasteiger partial charge in [-0.2, -0.15) is 5.21 Å². The predicted molar refractivity (Wildman–Crippen MR) is 206 cm³/mol. The largest absolute Gasteiger partial charge is 0.339 e. The number of hydrogen-bond donors (Lipinski definition) is 1. The Morgan fingerprint density at radius 1 is 1.04 bits per heavy atom. The molecule has 6 nitrogen and oxygen atoms in total. The Hall–Kier alpha value is -2.76. The van der Waals surface area contributed by atoms with E-state index in [1.54, 1.807) is 0 Å². The van der Waals surface area contributed by atoms with Crippen LogP contribution in [0, 0.1) is 29.1 Å². The molecule has 2 saturated carbocycles. The molecular formula is C42H70N6. The summed E-state index contributed by atoms with van der Waals surface area (Å²) in [7, 11) is 0. The molecule has 6 heteroatoms. The van der Waals surface area contributed by atoms with Crippen molar-refractivity contribution < 1.29 is 0 Å². The Balaban J connectivity index is 0.000000607. The van der Waals surface area contributed by atoms with E-state index >= 15 is 0 Å². The molecule has 0 saturated heterocycles. The molecule has 0 bridgehead atoms. The van der Waals surface area contributed by atoms with Gasteiger partial charge >= 0.3 is 0 Å². The van der Waals surface area contributed by atoms with Gasteiger partial charge in [0.2, 0.25) is 0 Å². The number of aliphatic imine (C=N–C) groups is 1. The van der Waals surface area contributed by atoms with Gasteiger partial charge in [-0.3, -0.25) is 4.99 Å². The Kier molecular flexibility index (Phi) is 15.1. The van der Waals surface area contributed by atoms with Gasteiger partial charge in [-0.05, 0) is 92.6 Å². The number of rotatable bonds is 10. The first-order valence-corrected chi connectivity index (χ1v) is 19.4. The molecule has 2 heterocycles. The van der Waals surface area contributed by atoms with E-state index in [0.29, 0.717) is 17.4 Å². The van der Waals surface area contributed by atoms with Crippen LogP contribution in [0.4, 0.5) is 0 Å². The van der Waals surface area contributed by atoms with Crippen molar-refractivity contribution in [1.29, 1.82) is 0 Å². The van der Waals surface area contributed by atoms with Crippen molar-refractivity contribution in [2.45, 2.75) is 164 Å². The van der Waals surface area contributed by atoms with Crippen LogP contribution in [0.5, 0.6) is 0 Å². The van der Waals surface area contributed by atoms with E-state index in [0.717, 1.165) is 42.0 Å². The van der Waals surface area contributed by atoms with Crippen LogP contribution < -0.4 is 0 Å². The molecule has 3 unspecified atom stereocenters. The smallest absolute Gasteiger partial charge is 0.174 e. The zero-order valence-electron chi connectivity index (χ0n) is 32.5. The number of hydrogen-bond acceptors (Lipinski definition) is 5. The first kappa shape index (κ1) is 39.7. The lowest BCUT2D eigenvalue weighted by molar-refractivity contribution is 0.0394. The summed E-state index contributed by atoms with van der Waals surface area (Å²) in [6.07, 6.45) is 16.1. The van der Waals surface area contributed by atoms with Crippen molar-refractivity contribution in [3.8, 4) is 0 Å². The van der Waals surface area contributed by atoms with Gasteiger partial charge < -0.3 is 4.90 Å². The van der Waals surface area contributed by atoms with E-state index in [9.17, 15) is 0 Å². The van der Waals surface area contributed by atoms with Crippen molar-refractivity contribution in [1.82, 2.24) is 25.5 Å². The normalized spacial score (nSPS) is 24.8. The molecule has 2 fully saturated rings. The van der Waals surface area contributed by atoms with Crippen LogP contribution in [0.2, 0.25) is 0 Å². The summed E-state index contributed by atoms with van der Waals surface area (Å²) in [6, 6.07) is 9.60. The van der Waals surface area contributed by atoms with Gasteiger partial charge in [0.15, 0.2) is 5.82 Å². The summed E-state index contributed by atoms with van der Waals surface area (Å²) >= 11 is 0. The highest BCUT2D eigenvalue weighted by atomic mass is 15.5. The van der Waals surface area contributed by atoms with Gasteiger partial charge in [-0.15, -0.1) is 10.2 Å². The molecule has 3 atom stereocenters. The van der Waals surface area contributed by atoms with Gasteiger partial charge in [0.1, 0.15) is 5.66 Å². The quantitative estimate of drug-likeness (QED) is 0.276. The third-order valence-corrected chi connectivity index (χ3v) is 11.0. The number of H-pyrrole nitrogens is 1. The highest BCUT2D eigenvalue weighted by Gasteiger charge is 2.50. The van der Waals surface area contributed by atoms with Gasteiger partial charge in [-0.1, -0.05) is 136 Å². The fraction of sp³-hybridized carbons (Fsp3) is 0.714. The van der Waals surface area contributed by atoms with Crippen molar-refractivity contribution in [3.05, 3.63) is 60.1 Å². The fourth-order valence-electron chi connectivity index (χ4n) is 8.19. The van der Waals surface area contributed by atoms with Gasteiger partial charge in [0.25, 0.3) is 0 Å². The van der Waals surface area contributed by atoms with E-state index in [-0.39, 0.29) is 5.66 Å². The molecule has 3 aliphatic rings. The Labute approximate surface area is 294 Å². The molecule has 1 aromatic carbocycles. The van der Waals surface area contributed by atoms with E-state index < -0.39 is 0 Å². The zero-order valence-corrected chi connectivity index (χ0v) is 32.5. The minimum Gasteiger partial charge on any atom is -0.339 e. The third kappa shape index (κ3) is 10.4. The van der Waals surface area contributed by atoms with Gasteiger partial charge in [-0.25, -0.2) is 0 Å². The average Bonchev–Trinajstić information content (AvgIpc) is 3.70. The Morgan fingerprint density at radius 3 is 2.21 bits per heavy atom. The SMILES string of the molecule is C=C(C)c1ccc(C(CCC(C)(C)C)N2C(=C)C(C3CCCC(CCC)C3)=NC23CCC(C(C)C)CC3)cc1.CC.CCc1nn[nH]n1. The lowest BCUT2D eigenvalue weighted by Crippen LogP contribution is -2.48. The second-order valence-electron chi connectivity index (χ2n) is 16.1. The highest BCUT2D eigenvalue weighted by Crippen LogP contribution is 2.52. The first-order chi connectivity index (χ1) is 22.9. The number of nitrogens with one attached hydrogen (secondary N) is 1. The number of nitrogens with zero attached hydrogens (tertiary/aromatic N) is 5. The summed E-state index contributed by atoms with van der Waals surface area (Å²) in [5, 5.41) is 13.1. The zero-order chi connectivity index (χ0) is 35.5. The van der Waals surface area contributed by atoms with E-state index in [2.05, 4.69) is 105 Å². The summed E-state index contributed by atoms with van der Waals surface area (Å²) < 4.78 is 0. The van der Waals surface area contributed by atoms with E-state index in [1.165, 1.54) is 93.2 Å². The lowest BCUT2D eigenvalue weighted by Gasteiger charge is -2.48. The van der Waals surface area contributed by atoms with Crippen LogP contribution >= 0.6 is 0 Å². The van der Waals surface area contributed by atoms with Crippen molar-refractivity contribution in [2.24, 2.45) is 34.1 Å². The fourth-order valence-corrected chi connectivity index (χ4v) is 8.19. The van der Waals surface area contributed by atoms with Crippen molar-refractivity contribution in [2.75, 3.05) is 0 Å². The average molecular weight is 659 g/mol. The predicted octanol–water partition coefficient (Wildman–Crippen LogP) is 11.8. The van der Waals surface area contributed by atoms with E-state index in [4.69, 9.17) is 11.6 Å². The molecule has 0 radical (unpaired) electrons. The minimum absolute atomic E-state index is 0.120. The van der Waals surface area contributed by atoms with Crippen LogP contribution in [-0.4, -0.2) is 36.9 Å². The van der Waals surface area contributed by atoms with Crippen LogP contribution in [0.3, 0.4) is 0 Å². The lowest BCUT2D eigenvalue weighted by atomic mass is 9.75. The third-order valence-electron chi connectivity index (χ3n) is 11.0. The summed E-state index contributed by atoms with van der Waals surface area (Å²) in [4.78, 5) is 8.59. The molecule has 1 aromatic heterocycles. The number of tetrazole rings is 1. The first-order valence-electron chi connectivity index (χ1n) is 19.4. The van der Waals surface area contributed by atoms with Crippen molar-refractivity contribution in [3.63, 3.8) is 0 Å². The maximum absolute atomic E-state index is 5.82. The Morgan fingerprint density at radius 2 is 1.71 bits per heavy atom. The van der Waals surface area contributed by atoms with Crippen LogP contribution in [0.15, 0.2) is 48.1 Å². The summed E-state index contributed by atoms with van der Waals surface area (Å²) in [6.45, 7) is 31.5. The molecule has 2 aromatic rings.